The Labute approximate surface area is 92.5 Å². The highest BCUT2D eigenvalue weighted by Gasteiger charge is 2.05. The predicted molar refractivity (Wildman–Crippen MR) is 65.8 cm³/mol. The Morgan fingerprint density at radius 2 is 1.93 bits per heavy atom. The molecule has 1 rings (SSSR count). The molecule has 1 heteroatoms. The number of phenols is 1. The summed E-state index contributed by atoms with van der Waals surface area (Å²) in [4.78, 5) is 0. The van der Waals surface area contributed by atoms with Crippen molar-refractivity contribution in [2.45, 2.75) is 33.6 Å². The van der Waals surface area contributed by atoms with Crippen LogP contribution in [0.3, 0.4) is 0 Å². The molecule has 0 aromatic heterocycles. The summed E-state index contributed by atoms with van der Waals surface area (Å²) in [5.74, 6) is 1.04. The first-order valence-electron chi connectivity index (χ1n) is 5.62. The smallest absolute Gasteiger partial charge is 0.115 e. The maximum Gasteiger partial charge on any atom is 0.115 e. The van der Waals surface area contributed by atoms with E-state index in [1.54, 1.807) is 12.1 Å². The Balaban J connectivity index is 2.80. The molecule has 1 aromatic carbocycles. The van der Waals surface area contributed by atoms with E-state index in [2.05, 4.69) is 26.8 Å². The fourth-order valence-corrected chi connectivity index (χ4v) is 1.60. The summed E-state index contributed by atoms with van der Waals surface area (Å²) >= 11 is 0. The largest absolute Gasteiger partial charge is 0.508 e. The quantitative estimate of drug-likeness (QED) is 0.778. The molecule has 1 unspecified atom stereocenters. The molecule has 0 aliphatic carbocycles. The molecule has 1 aromatic rings. The summed E-state index contributed by atoms with van der Waals surface area (Å²) < 4.78 is 0. The lowest BCUT2D eigenvalue weighted by Gasteiger charge is -2.12. The molecular weight excluding hydrogens is 184 g/mol. The number of phenolic OH excluding ortho intramolecular Hbond substituents is 1. The Morgan fingerprint density at radius 1 is 1.33 bits per heavy atom. The van der Waals surface area contributed by atoms with Crippen LogP contribution in [0, 0.1) is 5.92 Å². The molecule has 1 nitrogen and oxygen atoms in total. The van der Waals surface area contributed by atoms with Gasteiger partial charge in [0.05, 0.1) is 0 Å². The fraction of sp³-hybridized carbons (Fsp3) is 0.429. The Kier molecular flexibility index (Phi) is 4.41. The SMILES string of the molecule is CC=C(CC(C)CC)c1ccc(O)cc1. The van der Waals surface area contributed by atoms with Crippen LogP contribution in [0.4, 0.5) is 0 Å². The van der Waals surface area contributed by atoms with Gasteiger partial charge in [-0.25, -0.2) is 0 Å². The minimum Gasteiger partial charge on any atom is -0.508 e. The van der Waals surface area contributed by atoms with Crippen LogP contribution in [0.5, 0.6) is 5.75 Å². The van der Waals surface area contributed by atoms with E-state index in [4.69, 9.17) is 0 Å². The summed E-state index contributed by atoms with van der Waals surface area (Å²) in [7, 11) is 0. The van der Waals surface area contributed by atoms with Crippen LogP contribution in [0.2, 0.25) is 0 Å². The van der Waals surface area contributed by atoms with Crippen LogP contribution in [0.15, 0.2) is 30.3 Å². The van der Waals surface area contributed by atoms with Gasteiger partial charge in [-0.1, -0.05) is 38.5 Å². The maximum atomic E-state index is 9.22. The van der Waals surface area contributed by atoms with Crippen molar-refractivity contribution in [3.8, 4) is 5.75 Å². The minimum absolute atomic E-state index is 0.331. The second kappa shape index (κ2) is 5.59. The van der Waals surface area contributed by atoms with Crippen LogP contribution in [-0.4, -0.2) is 5.11 Å². The van der Waals surface area contributed by atoms with Crippen LogP contribution < -0.4 is 0 Å². The second-order valence-electron chi connectivity index (χ2n) is 4.08. The summed E-state index contributed by atoms with van der Waals surface area (Å²) in [5, 5.41) is 9.22. The first-order valence-corrected chi connectivity index (χ1v) is 5.62. The van der Waals surface area contributed by atoms with Crippen molar-refractivity contribution in [1.82, 2.24) is 0 Å². The van der Waals surface area contributed by atoms with E-state index < -0.39 is 0 Å². The zero-order valence-electron chi connectivity index (χ0n) is 9.83. The van der Waals surface area contributed by atoms with Crippen molar-refractivity contribution in [1.29, 1.82) is 0 Å². The lowest BCUT2D eigenvalue weighted by molar-refractivity contribution is 0.475. The van der Waals surface area contributed by atoms with Gasteiger partial charge < -0.3 is 5.11 Å². The third-order valence-corrected chi connectivity index (χ3v) is 2.85. The van der Waals surface area contributed by atoms with Crippen LogP contribution in [-0.2, 0) is 0 Å². The lowest BCUT2D eigenvalue weighted by Crippen LogP contribution is -1.94. The van der Waals surface area contributed by atoms with E-state index >= 15 is 0 Å². The highest BCUT2D eigenvalue weighted by Crippen LogP contribution is 2.25. The van der Waals surface area contributed by atoms with E-state index in [-0.39, 0.29) is 0 Å². The highest BCUT2D eigenvalue weighted by atomic mass is 16.3. The first kappa shape index (κ1) is 11.8. The van der Waals surface area contributed by atoms with Gasteiger partial charge in [-0.05, 0) is 42.5 Å². The molecule has 1 atom stereocenters. The third-order valence-electron chi connectivity index (χ3n) is 2.85. The number of hydrogen-bond donors (Lipinski definition) is 1. The van der Waals surface area contributed by atoms with Crippen molar-refractivity contribution in [3.63, 3.8) is 0 Å². The molecule has 0 saturated carbocycles. The normalized spacial score (nSPS) is 13.9. The molecule has 0 aliphatic rings. The number of benzene rings is 1. The summed E-state index contributed by atoms with van der Waals surface area (Å²) in [6.45, 7) is 6.56. The summed E-state index contributed by atoms with van der Waals surface area (Å²) in [6, 6.07) is 7.45. The molecule has 0 heterocycles. The van der Waals surface area contributed by atoms with Gasteiger partial charge >= 0.3 is 0 Å². The Bertz CT molecular complexity index is 322. The summed E-state index contributed by atoms with van der Waals surface area (Å²) in [6.07, 6.45) is 4.48. The molecule has 15 heavy (non-hydrogen) atoms. The standard InChI is InChI=1S/C14H20O/c1-4-11(3)10-12(5-2)13-6-8-14(15)9-7-13/h5-9,11,15H,4,10H2,1-3H3. The van der Waals surface area contributed by atoms with Gasteiger partial charge in [0.15, 0.2) is 0 Å². The van der Waals surface area contributed by atoms with Crippen molar-refractivity contribution >= 4 is 5.57 Å². The second-order valence-corrected chi connectivity index (χ2v) is 4.08. The van der Waals surface area contributed by atoms with Gasteiger partial charge in [0, 0.05) is 0 Å². The van der Waals surface area contributed by atoms with E-state index in [1.807, 2.05) is 12.1 Å². The van der Waals surface area contributed by atoms with Crippen LogP contribution in [0.1, 0.15) is 39.2 Å². The van der Waals surface area contributed by atoms with Crippen molar-refractivity contribution in [3.05, 3.63) is 35.9 Å². The Morgan fingerprint density at radius 3 is 2.40 bits per heavy atom. The number of rotatable bonds is 4. The zero-order chi connectivity index (χ0) is 11.3. The fourth-order valence-electron chi connectivity index (χ4n) is 1.60. The molecule has 0 amide bonds. The molecule has 0 radical (unpaired) electrons. The minimum atomic E-state index is 0.331. The molecule has 0 fully saturated rings. The average Bonchev–Trinajstić information content (AvgIpc) is 2.27. The highest BCUT2D eigenvalue weighted by molar-refractivity contribution is 5.65. The van der Waals surface area contributed by atoms with E-state index in [0.29, 0.717) is 11.7 Å². The molecule has 1 N–H and O–H groups in total. The molecule has 0 aliphatic heterocycles. The average molecular weight is 204 g/mol. The number of allylic oxidation sites excluding steroid dienone is 2. The topological polar surface area (TPSA) is 20.2 Å². The number of hydrogen-bond acceptors (Lipinski definition) is 1. The van der Waals surface area contributed by atoms with Gasteiger partial charge in [0.1, 0.15) is 5.75 Å². The molecule has 0 bridgehead atoms. The van der Waals surface area contributed by atoms with E-state index in [0.717, 1.165) is 6.42 Å². The van der Waals surface area contributed by atoms with E-state index in [1.165, 1.54) is 17.6 Å². The van der Waals surface area contributed by atoms with Crippen molar-refractivity contribution < 1.29 is 5.11 Å². The number of aromatic hydroxyl groups is 1. The van der Waals surface area contributed by atoms with Crippen molar-refractivity contribution in [2.75, 3.05) is 0 Å². The zero-order valence-corrected chi connectivity index (χ0v) is 9.83. The van der Waals surface area contributed by atoms with Crippen LogP contribution >= 0.6 is 0 Å². The molecular formula is C14H20O. The molecule has 0 spiro atoms. The van der Waals surface area contributed by atoms with Gasteiger partial charge in [0.25, 0.3) is 0 Å². The summed E-state index contributed by atoms with van der Waals surface area (Å²) in [5.41, 5.74) is 2.58. The van der Waals surface area contributed by atoms with Crippen LogP contribution in [0.25, 0.3) is 5.57 Å². The predicted octanol–water partition coefficient (Wildman–Crippen LogP) is 4.23. The molecule has 82 valence electrons. The third kappa shape index (κ3) is 3.43. The maximum absolute atomic E-state index is 9.22. The lowest BCUT2D eigenvalue weighted by atomic mass is 9.94. The van der Waals surface area contributed by atoms with E-state index in [9.17, 15) is 5.11 Å². The van der Waals surface area contributed by atoms with Crippen molar-refractivity contribution in [2.24, 2.45) is 5.92 Å². The first-order chi connectivity index (χ1) is 7.17. The van der Waals surface area contributed by atoms with Gasteiger partial charge in [0.2, 0.25) is 0 Å². The Hall–Kier alpha value is -1.24. The van der Waals surface area contributed by atoms with Gasteiger partial charge in [-0.2, -0.15) is 0 Å². The monoisotopic (exact) mass is 204 g/mol. The van der Waals surface area contributed by atoms with Gasteiger partial charge in [-0.3, -0.25) is 0 Å². The van der Waals surface area contributed by atoms with Gasteiger partial charge in [-0.15, -0.1) is 0 Å². The molecule has 0 saturated heterocycles.